The molecule has 0 bridgehead atoms. The quantitative estimate of drug-likeness (QED) is 0.781. The minimum Gasteiger partial charge on any atom is -0.280 e. The molecule has 2 nitrogen and oxygen atoms in total. The zero-order chi connectivity index (χ0) is 11.8. The van der Waals surface area contributed by atoms with Gasteiger partial charge in [0.2, 0.25) is 5.24 Å². The molecular formula is C12H12ClNOS. The summed E-state index contributed by atoms with van der Waals surface area (Å²) in [6.45, 7) is 3.80. The number of aromatic nitrogens is 1. The molecule has 4 heteroatoms. The molecule has 0 N–H and O–H groups in total. The van der Waals surface area contributed by atoms with Gasteiger partial charge in [-0.3, -0.25) is 4.79 Å². The first-order valence-corrected chi connectivity index (χ1v) is 6.33. The van der Waals surface area contributed by atoms with Crippen LogP contribution in [0.2, 0.25) is 0 Å². The zero-order valence-electron chi connectivity index (χ0n) is 9.16. The first-order valence-electron chi connectivity index (χ1n) is 5.14. The van der Waals surface area contributed by atoms with Crippen molar-refractivity contribution in [1.29, 1.82) is 0 Å². The van der Waals surface area contributed by atoms with Crippen LogP contribution in [0.1, 0.15) is 25.3 Å². The summed E-state index contributed by atoms with van der Waals surface area (Å²) in [5.41, 5.74) is 0.269. The molecule has 0 radical (unpaired) electrons. The van der Waals surface area contributed by atoms with Crippen LogP contribution in [0.15, 0.2) is 24.3 Å². The van der Waals surface area contributed by atoms with Crippen molar-refractivity contribution in [1.82, 2.24) is 4.98 Å². The summed E-state index contributed by atoms with van der Waals surface area (Å²) in [5.74, 6) is 0. The summed E-state index contributed by atoms with van der Waals surface area (Å²) in [5, 5.41) is 0.463. The number of halogens is 1. The number of rotatable bonds is 3. The molecule has 1 heterocycles. The Bertz CT molecular complexity index is 504. The third kappa shape index (κ3) is 1.74. The van der Waals surface area contributed by atoms with E-state index in [1.54, 1.807) is 11.3 Å². The lowest BCUT2D eigenvalue weighted by Gasteiger charge is -2.19. The van der Waals surface area contributed by atoms with E-state index in [1.165, 1.54) is 0 Å². The summed E-state index contributed by atoms with van der Waals surface area (Å²) >= 11 is 7.22. The van der Waals surface area contributed by atoms with E-state index >= 15 is 0 Å². The van der Waals surface area contributed by atoms with E-state index in [4.69, 9.17) is 11.6 Å². The molecule has 0 fully saturated rings. The van der Waals surface area contributed by atoms with Gasteiger partial charge in [0.05, 0.1) is 15.6 Å². The highest BCUT2D eigenvalue weighted by Crippen LogP contribution is 2.35. The molecule has 0 saturated heterocycles. The highest BCUT2D eigenvalue weighted by molar-refractivity contribution is 7.18. The highest BCUT2D eigenvalue weighted by Gasteiger charge is 2.35. The van der Waals surface area contributed by atoms with Crippen molar-refractivity contribution in [3.63, 3.8) is 0 Å². The molecular weight excluding hydrogens is 242 g/mol. The molecule has 1 unspecified atom stereocenters. The highest BCUT2D eigenvalue weighted by atomic mass is 35.5. The summed E-state index contributed by atoms with van der Waals surface area (Å²) < 4.78 is 1.09. The van der Waals surface area contributed by atoms with Gasteiger partial charge in [-0.2, -0.15) is 0 Å². The fourth-order valence-corrected chi connectivity index (χ4v) is 2.94. The summed E-state index contributed by atoms with van der Waals surface area (Å²) in [4.78, 5) is 16.0. The van der Waals surface area contributed by atoms with Crippen molar-refractivity contribution in [2.75, 3.05) is 0 Å². The normalized spacial score (nSPS) is 14.9. The molecule has 2 aromatic rings. The van der Waals surface area contributed by atoms with Gasteiger partial charge in [-0.1, -0.05) is 19.1 Å². The second-order valence-electron chi connectivity index (χ2n) is 3.95. The number of hydrogen-bond acceptors (Lipinski definition) is 3. The van der Waals surface area contributed by atoms with Crippen LogP contribution in [0.25, 0.3) is 10.2 Å². The number of para-hydroxylation sites is 1. The van der Waals surface area contributed by atoms with E-state index in [2.05, 4.69) is 4.98 Å². The number of carbonyl (C=O) groups excluding carboxylic acids is 1. The van der Waals surface area contributed by atoms with E-state index in [1.807, 2.05) is 38.1 Å². The summed E-state index contributed by atoms with van der Waals surface area (Å²) in [6, 6.07) is 7.86. The van der Waals surface area contributed by atoms with Crippen LogP contribution in [0.3, 0.4) is 0 Å². The Hall–Kier alpha value is -0.930. The van der Waals surface area contributed by atoms with Crippen LogP contribution in [-0.4, -0.2) is 10.2 Å². The van der Waals surface area contributed by atoms with E-state index < -0.39 is 5.41 Å². The molecule has 1 aromatic heterocycles. The molecule has 0 saturated carbocycles. The fourth-order valence-electron chi connectivity index (χ4n) is 1.48. The number of hydrogen-bond donors (Lipinski definition) is 0. The smallest absolute Gasteiger partial charge is 0.234 e. The van der Waals surface area contributed by atoms with Crippen LogP contribution < -0.4 is 0 Å². The van der Waals surface area contributed by atoms with Crippen LogP contribution in [0.4, 0.5) is 0 Å². The number of benzene rings is 1. The van der Waals surface area contributed by atoms with E-state index in [0.29, 0.717) is 6.42 Å². The lowest BCUT2D eigenvalue weighted by atomic mass is 9.90. The summed E-state index contributed by atoms with van der Waals surface area (Å²) in [7, 11) is 0. The van der Waals surface area contributed by atoms with Crippen LogP contribution in [0, 0.1) is 0 Å². The van der Waals surface area contributed by atoms with Gasteiger partial charge in [0.25, 0.3) is 0 Å². The Morgan fingerprint density at radius 1 is 1.50 bits per heavy atom. The van der Waals surface area contributed by atoms with Crippen molar-refractivity contribution in [2.45, 2.75) is 25.7 Å². The van der Waals surface area contributed by atoms with Gasteiger partial charge in [0, 0.05) is 0 Å². The van der Waals surface area contributed by atoms with Gasteiger partial charge in [0.15, 0.2) is 0 Å². The monoisotopic (exact) mass is 253 g/mol. The average molecular weight is 254 g/mol. The Labute approximate surface area is 103 Å². The second-order valence-corrected chi connectivity index (χ2v) is 5.32. The molecule has 1 aromatic carbocycles. The molecule has 0 spiro atoms. The predicted octanol–water partition coefficient (Wildman–Crippen LogP) is 3.73. The Balaban J connectivity index is 2.58. The molecule has 2 rings (SSSR count). The maximum atomic E-state index is 11.5. The van der Waals surface area contributed by atoms with Crippen molar-refractivity contribution in [3.8, 4) is 0 Å². The Morgan fingerprint density at radius 3 is 2.75 bits per heavy atom. The Kier molecular flexibility index (Phi) is 3.00. The standard InChI is InChI=1S/C12H12ClNOS/c1-3-12(2,10(13)15)11-14-8-6-4-5-7-9(8)16-11/h4-7H,3H2,1-2H3. The molecule has 0 aliphatic rings. The van der Waals surface area contributed by atoms with Gasteiger partial charge in [-0.25, -0.2) is 4.98 Å². The Morgan fingerprint density at radius 2 is 2.19 bits per heavy atom. The minimum atomic E-state index is -0.661. The molecule has 84 valence electrons. The van der Waals surface area contributed by atoms with E-state index in [0.717, 1.165) is 15.2 Å². The predicted molar refractivity (Wildman–Crippen MR) is 68.1 cm³/mol. The SMILES string of the molecule is CCC(C)(C(=O)Cl)c1nc2ccccc2s1. The number of thiazole rings is 1. The first-order chi connectivity index (χ1) is 7.58. The molecule has 16 heavy (non-hydrogen) atoms. The number of carbonyl (C=O) groups is 1. The van der Waals surface area contributed by atoms with Gasteiger partial charge in [-0.15, -0.1) is 11.3 Å². The minimum absolute atomic E-state index is 0.339. The van der Waals surface area contributed by atoms with Gasteiger partial charge in [0.1, 0.15) is 5.01 Å². The molecule has 0 aliphatic carbocycles. The summed E-state index contributed by atoms with van der Waals surface area (Å²) in [6.07, 6.45) is 0.662. The second kappa shape index (κ2) is 4.15. The first kappa shape index (κ1) is 11.6. The molecule has 0 aliphatic heterocycles. The van der Waals surface area contributed by atoms with Crippen molar-refractivity contribution >= 4 is 38.4 Å². The van der Waals surface area contributed by atoms with Crippen LogP contribution in [-0.2, 0) is 10.2 Å². The third-order valence-corrected chi connectivity index (χ3v) is 4.62. The maximum Gasteiger partial charge on any atom is 0.234 e. The average Bonchev–Trinajstić information content (AvgIpc) is 2.71. The largest absolute Gasteiger partial charge is 0.280 e. The van der Waals surface area contributed by atoms with Gasteiger partial charge < -0.3 is 0 Å². The zero-order valence-corrected chi connectivity index (χ0v) is 10.7. The van der Waals surface area contributed by atoms with Crippen molar-refractivity contribution in [3.05, 3.63) is 29.3 Å². The fraction of sp³-hybridized carbons (Fsp3) is 0.333. The third-order valence-electron chi connectivity index (χ3n) is 2.91. The van der Waals surface area contributed by atoms with E-state index in [9.17, 15) is 4.79 Å². The van der Waals surface area contributed by atoms with E-state index in [-0.39, 0.29) is 5.24 Å². The van der Waals surface area contributed by atoms with Gasteiger partial charge in [-0.05, 0) is 37.1 Å². The molecule has 1 atom stereocenters. The topological polar surface area (TPSA) is 30.0 Å². The molecule has 0 amide bonds. The van der Waals surface area contributed by atoms with Gasteiger partial charge >= 0.3 is 0 Å². The van der Waals surface area contributed by atoms with Crippen molar-refractivity contribution < 1.29 is 4.79 Å². The maximum absolute atomic E-state index is 11.5. The van der Waals surface area contributed by atoms with Crippen molar-refractivity contribution in [2.24, 2.45) is 0 Å². The van der Waals surface area contributed by atoms with Crippen LogP contribution >= 0.6 is 22.9 Å². The lowest BCUT2D eigenvalue weighted by molar-refractivity contribution is -0.116. The number of fused-ring (bicyclic) bond motifs is 1. The van der Waals surface area contributed by atoms with Crippen LogP contribution in [0.5, 0.6) is 0 Å². The lowest BCUT2D eigenvalue weighted by Crippen LogP contribution is -2.27. The number of nitrogens with zero attached hydrogens (tertiary/aromatic N) is 1.